The van der Waals surface area contributed by atoms with Crippen LogP contribution in [0.25, 0.3) is 6.08 Å². The van der Waals surface area contributed by atoms with E-state index in [4.69, 9.17) is 18.9 Å². The molecule has 0 saturated carbocycles. The number of rotatable bonds is 8. The minimum atomic E-state index is -3.71. The van der Waals surface area contributed by atoms with E-state index in [9.17, 15) is 13.2 Å². The number of benzene rings is 2. The van der Waals surface area contributed by atoms with Gasteiger partial charge < -0.3 is 18.9 Å². The summed E-state index contributed by atoms with van der Waals surface area (Å²) in [5.41, 5.74) is 0.519. The number of methoxy groups -OCH3 is 3. The van der Waals surface area contributed by atoms with Gasteiger partial charge in [-0.2, -0.15) is 4.31 Å². The quantitative estimate of drug-likeness (QED) is 0.338. The summed E-state index contributed by atoms with van der Waals surface area (Å²) in [6.07, 6.45) is 5.38. The van der Waals surface area contributed by atoms with Gasteiger partial charge in [0.1, 0.15) is 10.6 Å². The van der Waals surface area contributed by atoms with E-state index in [1.165, 1.54) is 43.9 Å². The number of carbonyl (C=O) groups is 1. The predicted octanol–water partition coefficient (Wildman–Crippen LogP) is 3.51. The molecule has 0 unspecified atom stereocenters. The molecule has 1 aliphatic heterocycles. The first kappa shape index (κ1) is 23.6. The lowest BCUT2D eigenvalue weighted by Crippen LogP contribution is -2.35. The van der Waals surface area contributed by atoms with Crippen molar-refractivity contribution in [2.24, 2.45) is 0 Å². The van der Waals surface area contributed by atoms with Gasteiger partial charge in [-0.3, -0.25) is 0 Å². The van der Waals surface area contributed by atoms with Gasteiger partial charge in [0.05, 0.1) is 21.3 Å². The summed E-state index contributed by atoms with van der Waals surface area (Å²) in [6.45, 7) is 0.969. The topological polar surface area (TPSA) is 91.4 Å². The molecule has 0 bridgehead atoms. The summed E-state index contributed by atoms with van der Waals surface area (Å²) in [7, 11) is 0.645. The van der Waals surface area contributed by atoms with Crippen molar-refractivity contribution in [3.63, 3.8) is 0 Å². The van der Waals surface area contributed by atoms with Crippen molar-refractivity contribution in [1.82, 2.24) is 4.31 Å². The lowest BCUT2D eigenvalue weighted by Gasteiger charge is -2.26. The van der Waals surface area contributed by atoms with Crippen LogP contribution < -0.4 is 18.9 Å². The van der Waals surface area contributed by atoms with E-state index < -0.39 is 16.0 Å². The Balaban J connectivity index is 1.84. The van der Waals surface area contributed by atoms with Crippen LogP contribution in [-0.4, -0.2) is 53.1 Å². The first-order chi connectivity index (χ1) is 15.4. The standard InChI is InChI=1S/C23H27NO7S/c1-28-18-12-10-17(16-21(18)32(26,27)24-14-5-4-6-15-24)11-13-22(25)31-23-19(29-2)8-7-9-20(23)30-3/h7-13,16H,4-6,14-15H2,1-3H3. The molecule has 9 heteroatoms. The summed E-state index contributed by atoms with van der Waals surface area (Å²) in [6, 6.07) is 9.75. The second-order valence-corrected chi connectivity index (χ2v) is 9.03. The molecule has 32 heavy (non-hydrogen) atoms. The highest BCUT2D eigenvalue weighted by Crippen LogP contribution is 2.37. The smallest absolute Gasteiger partial charge is 0.336 e. The van der Waals surface area contributed by atoms with Crippen molar-refractivity contribution < 1.29 is 32.2 Å². The van der Waals surface area contributed by atoms with Crippen LogP contribution in [0.1, 0.15) is 24.8 Å². The van der Waals surface area contributed by atoms with Gasteiger partial charge in [-0.05, 0) is 48.7 Å². The van der Waals surface area contributed by atoms with Crippen molar-refractivity contribution in [3.8, 4) is 23.0 Å². The fourth-order valence-corrected chi connectivity index (χ4v) is 5.17. The third kappa shape index (κ3) is 5.23. The zero-order chi connectivity index (χ0) is 23.1. The van der Waals surface area contributed by atoms with Crippen LogP contribution in [0.3, 0.4) is 0 Å². The molecule has 0 atom stereocenters. The molecule has 3 rings (SSSR count). The first-order valence-electron chi connectivity index (χ1n) is 10.2. The second kappa shape index (κ2) is 10.5. The maximum Gasteiger partial charge on any atom is 0.336 e. The van der Waals surface area contributed by atoms with Gasteiger partial charge >= 0.3 is 5.97 Å². The highest BCUT2D eigenvalue weighted by molar-refractivity contribution is 7.89. The van der Waals surface area contributed by atoms with Gasteiger partial charge in [0, 0.05) is 19.2 Å². The number of ether oxygens (including phenoxy) is 4. The highest BCUT2D eigenvalue weighted by atomic mass is 32.2. The van der Waals surface area contributed by atoms with Crippen molar-refractivity contribution in [1.29, 1.82) is 0 Å². The fraction of sp³-hybridized carbons (Fsp3) is 0.348. The molecule has 0 N–H and O–H groups in total. The van der Waals surface area contributed by atoms with E-state index >= 15 is 0 Å². The van der Waals surface area contributed by atoms with Crippen LogP contribution in [0.5, 0.6) is 23.0 Å². The zero-order valence-electron chi connectivity index (χ0n) is 18.4. The number of para-hydroxylation sites is 1. The molecular weight excluding hydrogens is 434 g/mol. The average Bonchev–Trinajstić information content (AvgIpc) is 2.83. The van der Waals surface area contributed by atoms with Crippen molar-refractivity contribution >= 4 is 22.1 Å². The minimum absolute atomic E-state index is 0.0730. The van der Waals surface area contributed by atoms with Gasteiger partial charge in [-0.15, -0.1) is 0 Å². The molecule has 172 valence electrons. The third-order valence-electron chi connectivity index (χ3n) is 5.12. The van der Waals surface area contributed by atoms with E-state index in [-0.39, 0.29) is 16.4 Å². The molecule has 8 nitrogen and oxygen atoms in total. The Labute approximate surface area is 188 Å². The Morgan fingerprint density at radius 1 is 0.906 bits per heavy atom. The van der Waals surface area contributed by atoms with Crippen LogP contribution >= 0.6 is 0 Å². The summed E-state index contributed by atoms with van der Waals surface area (Å²) in [4.78, 5) is 12.5. The maximum atomic E-state index is 13.1. The second-order valence-electron chi connectivity index (χ2n) is 7.12. The number of esters is 1. The van der Waals surface area contributed by atoms with Crippen molar-refractivity contribution in [2.75, 3.05) is 34.4 Å². The van der Waals surface area contributed by atoms with Crippen LogP contribution in [-0.2, 0) is 14.8 Å². The number of hydrogen-bond donors (Lipinski definition) is 0. The van der Waals surface area contributed by atoms with Gasteiger partial charge in [0.15, 0.2) is 11.5 Å². The normalized spacial score (nSPS) is 14.8. The van der Waals surface area contributed by atoms with Gasteiger partial charge in [0.25, 0.3) is 0 Å². The van der Waals surface area contributed by atoms with Gasteiger partial charge in [-0.25, -0.2) is 13.2 Å². The molecule has 0 aliphatic carbocycles. The Morgan fingerprint density at radius 2 is 1.53 bits per heavy atom. The molecule has 1 saturated heterocycles. The largest absolute Gasteiger partial charge is 0.495 e. The molecule has 0 spiro atoms. The average molecular weight is 462 g/mol. The number of carbonyl (C=O) groups excluding carboxylic acids is 1. The Morgan fingerprint density at radius 3 is 2.12 bits per heavy atom. The number of nitrogens with zero attached hydrogens (tertiary/aromatic N) is 1. The van der Waals surface area contributed by atoms with E-state index in [1.54, 1.807) is 30.3 Å². The van der Waals surface area contributed by atoms with Gasteiger partial charge in [-0.1, -0.05) is 18.6 Å². The van der Waals surface area contributed by atoms with Crippen LogP contribution in [0.2, 0.25) is 0 Å². The molecule has 0 amide bonds. The molecule has 0 radical (unpaired) electrons. The van der Waals surface area contributed by atoms with Crippen LogP contribution in [0.15, 0.2) is 47.4 Å². The van der Waals surface area contributed by atoms with Crippen molar-refractivity contribution in [2.45, 2.75) is 24.2 Å². The lowest BCUT2D eigenvalue weighted by molar-refractivity contribution is -0.129. The summed E-state index contributed by atoms with van der Waals surface area (Å²) in [5.74, 6) is 0.462. The van der Waals surface area contributed by atoms with E-state index in [0.29, 0.717) is 30.2 Å². The Hall–Kier alpha value is -3.04. The fourth-order valence-electron chi connectivity index (χ4n) is 3.46. The minimum Gasteiger partial charge on any atom is -0.495 e. The molecule has 2 aromatic rings. The molecule has 2 aromatic carbocycles. The van der Waals surface area contributed by atoms with Crippen LogP contribution in [0.4, 0.5) is 0 Å². The summed E-state index contributed by atoms with van der Waals surface area (Å²) >= 11 is 0. The SMILES string of the molecule is COc1ccc(C=CC(=O)Oc2c(OC)cccc2OC)cc1S(=O)(=O)N1CCCCC1. The molecule has 1 fully saturated rings. The molecule has 0 aromatic heterocycles. The monoisotopic (exact) mass is 461 g/mol. The molecule has 1 heterocycles. The number of sulfonamides is 1. The number of piperidine rings is 1. The van der Waals surface area contributed by atoms with E-state index in [1.807, 2.05) is 0 Å². The summed E-state index contributed by atoms with van der Waals surface area (Å²) in [5, 5.41) is 0. The van der Waals surface area contributed by atoms with E-state index in [2.05, 4.69) is 0 Å². The van der Waals surface area contributed by atoms with Crippen LogP contribution in [0, 0.1) is 0 Å². The maximum absolute atomic E-state index is 13.1. The zero-order valence-corrected chi connectivity index (χ0v) is 19.2. The Kier molecular flexibility index (Phi) is 7.76. The predicted molar refractivity (Wildman–Crippen MR) is 120 cm³/mol. The molecular formula is C23H27NO7S. The van der Waals surface area contributed by atoms with Crippen molar-refractivity contribution in [3.05, 3.63) is 48.0 Å². The Bertz CT molecular complexity index is 1070. The van der Waals surface area contributed by atoms with Gasteiger partial charge in [0.2, 0.25) is 15.8 Å². The first-order valence-corrected chi connectivity index (χ1v) is 11.6. The highest BCUT2D eigenvalue weighted by Gasteiger charge is 2.29. The lowest BCUT2D eigenvalue weighted by atomic mass is 10.2. The van der Waals surface area contributed by atoms with E-state index in [0.717, 1.165) is 19.3 Å². The molecule has 1 aliphatic rings. The number of hydrogen-bond acceptors (Lipinski definition) is 7. The third-order valence-corrected chi connectivity index (χ3v) is 7.04. The summed E-state index contributed by atoms with van der Waals surface area (Å²) < 4.78 is 48.9.